The van der Waals surface area contributed by atoms with E-state index in [2.05, 4.69) is 21.2 Å². The first-order valence-electron chi connectivity index (χ1n) is 9.71. The second-order valence-electron chi connectivity index (χ2n) is 7.00. The van der Waals surface area contributed by atoms with Crippen molar-refractivity contribution in [2.45, 2.75) is 19.6 Å². The molecule has 0 saturated heterocycles. The van der Waals surface area contributed by atoms with Gasteiger partial charge in [-0.15, -0.1) is 0 Å². The first-order chi connectivity index (χ1) is 15.4. The van der Waals surface area contributed by atoms with Crippen LogP contribution in [-0.2, 0) is 11.4 Å². The van der Waals surface area contributed by atoms with Crippen LogP contribution in [0.2, 0.25) is 10.0 Å². The predicted molar refractivity (Wildman–Crippen MR) is 132 cm³/mol. The molecular weight excluding hydrogens is 511 g/mol. The fourth-order valence-corrected chi connectivity index (χ4v) is 3.83. The Kier molecular flexibility index (Phi) is 8.35. The highest BCUT2D eigenvalue weighted by atomic mass is 79.9. The van der Waals surface area contributed by atoms with Crippen LogP contribution < -0.4 is 10.1 Å². The summed E-state index contributed by atoms with van der Waals surface area (Å²) in [5.41, 5.74) is 2.37. The normalized spacial score (nSPS) is 12.0. The van der Waals surface area contributed by atoms with Crippen LogP contribution in [0.5, 0.6) is 5.75 Å². The Balaban J connectivity index is 1.74. The molecule has 1 N–H and O–H groups in total. The van der Waals surface area contributed by atoms with Crippen molar-refractivity contribution in [1.82, 2.24) is 5.32 Å². The molecule has 1 atom stereocenters. The van der Waals surface area contributed by atoms with E-state index in [9.17, 15) is 10.1 Å². The quantitative estimate of drug-likeness (QED) is 0.262. The van der Waals surface area contributed by atoms with Gasteiger partial charge in [-0.25, -0.2) is 0 Å². The Hall–Kier alpha value is -2.78. The smallest absolute Gasteiger partial charge is 0.262 e. The van der Waals surface area contributed by atoms with E-state index >= 15 is 0 Å². The van der Waals surface area contributed by atoms with E-state index in [0.717, 1.165) is 15.6 Å². The van der Waals surface area contributed by atoms with Crippen molar-refractivity contribution in [2.75, 3.05) is 0 Å². The maximum absolute atomic E-state index is 12.6. The molecular formula is C25H19BrCl2N2O2. The maximum Gasteiger partial charge on any atom is 0.262 e. The molecule has 7 heteroatoms. The highest BCUT2D eigenvalue weighted by Crippen LogP contribution is 2.35. The Morgan fingerprint density at radius 2 is 1.75 bits per heavy atom. The third-order valence-corrected chi connectivity index (χ3v) is 5.73. The molecule has 0 saturated carbocycles. The number of amides is 1. The van der Waals surface area contributed by atoms with E-state index in [1.807, 2.05) is 67.6 Å². The van der Waals surface area contributed by atoms with Crippen LogP contribution in [0, 0.1) is 11.3 Å². The lowest BCUT2D eigenvalue weighted by atomic mass is 10.1. The number of hydrogen-bond donors (Lipinski definition) is 1. The van der Waals surface area contributed by atoms with E-state index in [-0.39, 0.29) is 21.7 Å². The summed E-state index contributed by atoms with van der Waals surface area (Å²) in [6, 6.07) is 22.1. The Morgan fingerprint density at radius 1 is 1.12 bits per heavy atom. The van der Waals surface area contributed by atoms with Gasteiger partial charge in [0.2, 0.25) is 0 Å². The van der Waals surface area contributed by atoms with Crippen molar-refractivity contribution < 1.29 is 9.53 Å². The van der Waals surface area contributed by atoms with Gasteiger partial charge in [-0.05, 0) is 54.0 Å². The molecule has 3 rings (SSSR count). The second kappa shape index (κ2) is 11.2. The third-order valence-electron chi connectivity index (χ3n) is 4.64. The lowest BCUT2D eigenvalue weighted by Gasteiger charge is -2.14. The van der Waals surface area contributed by atoms with Gasteiger partial charge in [-0.2, -0.15) is 5.26 Å². The van der Waals surface area contributed by atoms with Crippen LogP contribution >= 0.6 is 39.1 Å². The second-order valence-corrected chi connectivity index (χ2v) is 8.73. The van der Waals surface area contributed by atoms with E-state index in [1.165, 1.54) is 6.08 Å². The van der Waals surface area contributed by atoms with Gasteiger partial charge in [-0.3, -0.25) is 4.79 Å². The summed E-state index contributed by atoms with van der Waals surface area (Å²) in [6.07, 6.45) is 1.45. The molecule has 4 nitrogen and oxygen atoms in total. The zero-order chi connectivity index (χ0) is 23.1. The molecule has 3 aromatic rings. The van der Waals surface area contributed by atoms with Crippen LogP contribution in [0.15, 0.2) is 76.8 Å². The lowest BCUT2D eigenvalue weighted by molar-refractivity contribution is -0.117. The predicted octanol–water partition coefficient (Wildman–Crippen LogP) is 7.12. The third kappa shape index (κ3) is 6.37. The van der Waals surface area contributed by atoms with E-state index in [0.29, 0.717) is 17.9 Å². The molecule has 0 aliphatic carbocycles. The highest BCUT2D eigenvalue weighted by Gasteiger charge is 2.15. The molecule has 1 amide bonds. The summed E-state index contributed by atoms with van der Waals surface area (Å²) in [5, 5.41) is 12.9. The average molecular weight is 530 g/mol. The largest absolute Gasteiger partial charge is 0.486 e. The van der Waals surface area contributed by atoms with Crippen LogP contribution in [0.1, 0.15) is 29.7 Å². The van der Waals surface area contributed by atoms with Gasteiger partial charge in [0.15, 0.2) is 5.75 Å². The first kappa shape index (κ1) is 23.9. The van der Waals surface area contributed by atoms with Crippen LogP contribution in [0.25, 0.3) is 6.08 Å². The van der Waals surface area contributed by atoms with Crippen molar-refractivity contribution in [3.05, 3.63) is 104 Å². The number of halogens is 3. The molecule has 0 spiro atoms. The monoisotopic (exact) mass is 528 g/mol. The summed E-state index contributed by atoms with van der Waals surface area (Å²) in [7, 11) is 0. The fraction of sp³-hybridized carbons (Fsp3) is 0.120. The minimum absolute atomic E-state index is 0.0524. The average Bonchev–Trinajstić information content (AvgIpc) is 2.78. The Labute approximate surface area is 205 Å². The van der Waals surface area contributed by atoms with Crippen LogP contribution in [-0.4, -0.2) is 5.91 Å². The first-order valence-corrected chi connectivity index (χ1v) is 11.3. The molecule has 32 heavy (non-hydrogen) atoms. The van der Waals surface area contributed by atoms with E-state index in [1.54, 1.807) is 12.1 Å². The minimum Gasteiger partial charge on any atom is -0.486 e. The van der Waals surface area contributed by atoms with Crippen LogP contribution in [0.4, 0.5) is 0 Å². The topological polar surface area (TPSA) is 62.1 Å². The number of nitrogens with zero attached hydrogens (tertiary/aromatic N) is 1. The molecule has 0 radical (unpaired) electrons. The summed E-state index contributed by atoms with van der Waals surface area (Å²) in [4.78, 5) is 12.6. The SMILES string of the molecule is C[C@H](NC(=O)/C(C#N)=C\c1cc(Cl)c(OCc2ccc(Br)cc2)c(Cl)c1)c1ccccc1. The van der Waals surface area contributed by atoms with Gasteiger partial charge in [-0.1, -0.05) is 81.6 Å². The highest BCUT2D eigenvalue weighted by molar-refractivity contribution is 9.10. The molecule has 0 aromatic heterocycles. The number of ether oxygens (including phenoxy) is 1. The molecule has 0 heterocycles. The molecule has 3 aromatic carbocycles. The summed E-state index contributed by atoms with van der Waals surface area (Å²) in [6.45, 7) is 2.15. The summed E-state index contributed by atoms with van der Waals surface area (Å²) < 4.78 is 6.76. The van der Waals surface area contributed by atoms with Gasteiger partial charge in [0, 0.05) is 4.47 Å². The van der Waals surface area contributed by atoms with Gasteiger partial charge < -0.3 is 10.1 Å². The molecule has 0 fully saturated rings. The maximum atomic E-state index is 12.6. The van der Waals surface area contributed by atoms with Gasteiger partial charge in [0.05, 0.1) is 16.1 Å². The molecule has 0 unspecified atom stereocenters. The summed E-state index contributed by atoms with van der Waals surface area (Å²) >= 11 is 16.1. The number of rotatable bonds is 7. The van der Waals surface area contributed by atoms with Gasteiger partial charge in [0.1, 0.15) is 18.2 Å². The lowest BCUT2D eigenvalue weighted by Crippen LogP contribution is -2.27. The molecule has 0 aliphatic rings. The standard InChI is InChI=1S/C25H19BrCl2N2O2/c1-16(19-5-3-2-4-6-19)30-25(31)20(14-29)11-18-12-22(27)24(23(28)13-18)32-15-17-7-9-21(26)10-8-17/h2-13,16H,15H2,1H3,(H,30,31)/b20-11-/t16-/m0/s1. The number of nitrogens with one attached hydrogen (secondary N) is 1. The zero-order valence-electron chi connectivity index (χ0n) is 17.1. The fourth-order valence-electron chi connectivity index (χ4n) is 2.95. The number of benzene rings is 3. The number of hydrogen-bond acceptors (Lipinski definition) is 3. The van der Waals surface area contributed by atoms with Crippen molar-refractivity contribution in [3.8, 4) is 11.8 Å². The van der Waals surface area contributed by atoms with Crippen molar-refractivity contribution in [1.29, 1.82) is 5.26 Å². The van der Waals surface area contributed by atoms with Gasteiger partial charge >= 0.3 is 0 Å². The number of nitriles is 1. The van der Waals surface area contributed by atoms with Gasteiger partial charge in [0.25, 0.3) is 5.91 Å². The molecule has 162 valence electrons. The van der Waals surface area contributed by atoms with Crippen LogP contribution in [0.3, 0.4) is 0 Å². The number of carbonyl (C=O) groups is 1. The Bertz CT molecular complexity index is 1150. The van der Waals surface area contributed by atoms with Crippen molar-refractivity contribution in [3.63, 3.8) is 0 Å². The zero-order valence-corrected chi connectivity index (χ0v) is 20.2. The molecule has 0 aliphatic heterocycles. The Morgan fingerprint density at radius 3 is 2.34 bits per heavy atom. The molecule has 0 bridgehead atoms. The number of carbonyl (C=O) groups excluding carboxylic acids is 1. The van der Waals surface area contributed by atoms with Crippen molar-refractivity contribution >= 4 is 51.1 Å². The summed E-state index contributed by atoms with van der Waals surface area (Å²) in [5.74, 6) is -0.138. The minimum atomic E-state index is -0.480. The van der Waals surface area contributed by atoms with E-state index < -0.39 is 5.91 Å². The van der Waals surface area contributed by atoms with E-state index in [4.69, 9.17) is 27.9 Å². The van der Waals surface area contributed by atoms with Crippen molar-refractivity contribution in [2.24, 2.45) is 0 Å².